The lowest BCUT2D eigenvalue weighted by molar-refractivity contribution is 0.462. The number of para-hydroxylation sites is 1. The molecule has 0 saturated heterocycles. The summed E-state index contributed by atoms with van der Waals surface area (Å²) < 4.78 is 0. The van der Waals surface area contributed by atoms with E-state index in [2.05, 4.69) is 0 Å². The second kappa shape index (κ2) is 4.60. The predicted molar refractivity (Wildman–Crippen MR) is 63.7 cm³/mol. The lowest BCUT2D eigenvalue weighted by atomic mass is 10.3. The molecule has 0 atom stereocenters. The lowest BCUT2D eigenvalue weighted by Crippen LogP contribution is -1.74. The van der Waals surface area contributed by atoms with Crippen LogP contribution in [-0.4, -0.2) is 5.11 Å². The minimum Gasteiger partial charge on any atom is -0.507 e. The van der Waals surface area contributed by atoms with Crippen molar-refractivity contribution < 1.29 is 5.11 Å². The Morgan fingerprint density at radius 1 is 1.00 bits per heavy atom. The van der Waals surface area contributed by atoms with Gasteiger partial charge < -0.3 is 5.11 Å². The summed E-state index contributed by atoms with van der Waals surface area (Å²) in [5, 5.41) is 10.3. The van der Waals surface area contributed by atoms with Crippen LogP contribution in [0.4, 0.5) is 0 Å². The summed E-state index contributed by atoms with van der Waals surface area (Å²) in [6.07, 6.45) is 0. The molecule has 0 saturated carbocycles. The van der Waals surface area contributed by atoms with Gasteiger partial charge in [0.05, 0.1) is 4.90 Å². The highest BCUT2D eigenvalue weighted by Crippen LogP contribution is 2.34. The predicted octanol–water partition coefficient (Wildman–Crippen LogP) is 4.20. The van der Waals surface area contributed by atoms with Gasteiger partial charge in [0.15, 0.2) is 0 Å². The fraction of sp³-hybridized carbons (Fsp3) is 0. The zero-order valence-electron chi connectivity index (χ0n) is 7.85. The van der Waals surface area contributed by atoms with Gasteiger partial charge in [0.2, 0.25) is 0 Å². The number of phenolic OH excluding ortho intramolecular Hbond substituents is 1. The monoisotopic (exact) mass is 236 g/mol. The lowest BCUT2D eigenvalue weighted by Gasteiger charge is -2.03. The third-order valence-corrected chi connectivity index (χ3v) is 3.18. The van der Waals surface area contributed by atoms with Crippen LogP contribution in [0.5, 0.6) is 5.75 Å². The number of halogens is 1. The first-order valence-corrected chi connectivity index (χ1v) is 5.66. The van der Waals surface area contributed by atoms with Crippen molar-refractivity contribution in [2.24, 2.45) is 0 Å². The molecular weight excluding hydrogens is 228 g/mol. The van der Waals surface area contributed by atoms with Crippen LogP contribution in [0.1, 0.15) is 0 Å². The molecule has 15 heavy (non-hydrogen) atoms. The van der Waals surface area contributed by atoms with Gasteiger partial charge in [-0.1, -0.05) is 41.6 Å². The molecule has 3 heteroatoms. The first-order valence-electron chi connectivity index (χ1n) is 4.47. The Morgan fingerprint density at radius 2 is 1.80 bits per heavy atom. The number of rotatable bonds is 2. The van der Waals surface area contributed by atoms with Gasteiger partial charge >= 0.3 is 0 Å². The SMILES string of the molecule is Oc1ccccc1Sc1cccc(Cl)c1. The summed E-state index contributed by atoms with van der Waals surface area (Å²) in [4.78, 5) is 1.85. The van der Waals surface area contributed by atoms with Gasteiger partial charge in [-0.3, -0.25) is 0 Å². The molecule has 0 aliphatic rings. The molecule has 1 nitrogen and oxygen atoms in total. The number of benzene rings is 2. The van der Waals surface area contributed by atoms with Gasteiger partial charge in [0.25, 0.3) is 0 Å². The molecular formula is C12H9ClOS. The van der Waals surface area contributed by atoms with Gasteiger partial charge in [0.1, 0.15) is 5.75 Å². The Morgan fingerprint density at radius 3 is 2.53 bits per heavy atom. The number of phenols is 1. The Balaban J connectivity index is 2.26. The van der Waals surface area contributed by atoms with Crippen molar-refractivity contribution in [2.45, 2.75) is 9.79 Å². The van der Waals surface area contributed by atoms with E-state index < -0.39 is 0 Å². The van der Waals surface area contributed by atoms with Gasteiger partial charge in [-0.25, -0.2) is 0 Å². The zero-order chi connectivity index (χ0) is 10.7. The molecule has 0 bridgehead atoms. The summed E-state index contributed by atoms with van der Waals surface area (Å²) in [5.41, 5.74) is 0. The average molecular weight is 237 g/mol. The van der Waals surface area contributed by atoms with Crippen LogP contribution in [0.25, 0.3) is 0 Å². The molecule has 0 amide bonds. The van der Waals surface area contributed by atoms with Crippen LogP contribution in [-0.2, 0) is 0 Å². The normalized spacial score (nSPS) is 10.2. The first-order chi connectivity index (χ1) is 7.25. The Kier molecular flexibility index (Phi) is 3.19. The summed E-state index contributed by atoms with van der Waals surface area (Å²) in [6, 6.07) is 14.8. The average Bonchev–Trinajstić information content (AvgIpc) is 2.22. The second-order valence-electron chi connectivity index (χ2n) is 3.03. The summed E-state index contributed by atoms with van der Waals surface area (Å²) in [6.45, 7) is 0. The van der Waals surface area contributed by atoms with E-state index >= 15 is 0 Å². The number of hydrogen-bond acceptors (Lipinski definition) is 2. The summed E-state index contributed by atoms with van der Waals surface area (Å²) in [7, 11) is 0. The van der Waals surface area contributed by atoms with Crippen molar-refractivity contribution in [1.82, 2.24) is 0 Å². The molecule has 1 N–H and O–H groups in total. The minimum absolute atomic E-state index is 0.294. The Bertz CT molecular complexity index is 471. The molecule has 0 heterocycles. The molecule has 2 aromatic carbocycles. The standard InChI is InChI=1S/C12H9ClOS/c13-9-4-3-5-10(8-9)15-12-7-2-1-6-11(12)14/h1-8,14H. The van der Waals surface area contributed by atoms with Crippen molar-refractivity contribution in [3.63, 3.8) is 0 Å². The van der Waals surface area contributed by atoms with E-state index in [0.29, 0.717) is 10.8 Å². The van der Waals surface area contributed by atoms with Gasteiger partial charge in [0, 0.05) is 9.92 Å². The molecule has 0 aliphatic heterocycles. The van der Waals surface area contributed by atoms with Gasteiger partial charge in [-0.2, -0.15) is 0 Å². The van der Waals surface area contributed by atoms with Crippen molar-refractivity contribution in [2.75, 3.05) is 0 Å². The molecule has 0 radical (unpaired) electrons. The Labute approximate surface area is 97.7 Å². The maximum absolute atomic E-state index is 9.59. The van der Waals surface area contributed by atoms with Gasteiger partial charge in [-0.15, -0.1) is 0 Å². The summed E-state index contributed by atoms with van der Waals surface area (Å²) >= 11 is 7.37. The molecule has 76 valence electrons. The van der Waals surface area contributed by atoms with Crippen LogP contribution in [0.15, 0.2) is 58.3 Å². The number of aromatic hydroxyl groups is 1. The molecule has 0 aromatic heterocycles. The quantitative estimate of drug-likeness (QED) is 0.844. The molecule has 0 fully saturated rings. The van der Waals surface area contributed by atoms with E-state index in [4.69, 9.17) is 11.6 Å². The van der Waals surface area contributed by atoms with Crippen LogP contribution < -0.4 is 0 Å². The van der Waals surface area contributed by atoms with Crippen molar-refractivity contribution in [3.8, 4) is 5.75 Å². The molecule has 2 aromatic rings. The van der Waals surface area contributed by atoms with E-state index in [1.54, 1.807) is 12.1 Å². The van der Waals surface area contributed by atoms with Crippen LogP contribution in [0.3, 0.4) is 0 Å². The first kappa shape index (κ1) is 10.4. The zero-order valence-corrected chi connectivity index (χ0v) is 9.42. The molecule has 2 rings (SSSR count). The van der Waals surface area contributed by atoms with Gasteiger partial charge in [-0.05, 0) is 30.3 Å². The van der Waals surface area contributed by atoms with E-state index in [-0.39, 0.29) is 0 Å². The highest BCUT2D eigenvalue weighted by atomic mass is 35.5. The fourth-order valence-electron chi connectivity index (χ4n) is 1.20. The smallest absolute Gasteiger partial charge is 0.129 e. The fourth-order valence-corrected chi connectivity index (χ4v) is 2.36. The largest absolute Gasteiger partial charge is 0.507 e. The maximum Gasteiger partial charge on any atom is 0.129 e. The maximum atomic E-state index is 9.59. The van der Waals surface area contributed by atoms with E-state index in [9.17, 15) is 5.11 Å². The van der Waals surface area contributed by atoms with Crippen LogP contribution in [0.2, 0.25) is 5.02 Å². The van der Waals surface area contributed by atoms with E-state index in [0.717, 1.165) is 9.79 Å². The minimum atomic E-state index is 0.294. The molecule has 0 aliphatic carbocycles. The number of hydrogen-bond donors (Lipinski definition) is 1. The van der Waals surface area contributed by atoms with Crippen molar-refractivity contribution in [1.29, 1.82) is 0 Å². The Hall–Kier alpha value is -1.12. The molecule has 0 unspecified atom stereocenters. The third kappa shape index (κ3) is 2.67. The second-order valence-corrected chi connectivity index (χ2v) is 4.58. The third-order valence-electron chi connectivity index (χ3n) is 1.89. The topological polar surface area (TPSA) is 20.2 Å². The highest BCUT2D eigenvalue weighted by molar-refractivity contribution is 7.99. The molecule has 0 spiro atoms. The van der Waals surface area contributed by atoms with Crippen LogP contribution >= 0.6 is 23.4 Å². The van der Waals surface area contributed by atoms with Crippen molar-refractivity contribution in [3.05, 3.63) is 53.6 Å². The van der Waals surface area contributed by atoms with E-state index in [1.165, 1.54) is 11.8 Å². The van der Waals surface area contributed by atoms with Crippen molar-refractivity contribution >= 4 is 23.4 Å². The highest BCUT2D eigenvalue weighted by Gasteiger charge is 2.02. The summed E-state index contributed by atoms with van der Waals surface area (Å²) in [5.74, 6) is 0.294. The van der Waals surface area contributed by atoms with Crippen LogP contribution in [0, 0.1) is 0 Å². The van der Waals surface area contributed by atoms with E-state index in [1.807, 2.05) is 36.4 Å².